The van der Waals surface area contributed by atoms with Crippen molar-refractivity contribution in [2.24, 2.45) is 0 Å². The van der Waals surface area contributed by atoms with Crippen LogP contribution < -0.4 is 0 Å². The lowest BCUT2D eigenvalue weighted by Gasteiger charge is -2.03. The van der Waals surface area contributed by atoms with Crippen molar-refractivity contribution in [2.45, 2.75) is 38.5 Å². The van der Waals surface area contributed by atoms with E-state index in [0.29, 0.717) is 0 Å². The molecule has 2 rings (SSSR count). The first-order valence-electron chi connectivity index (χ1n) is 6.97. The molecule has 0 fully saturated rings. The van der Waals surface area contributed by atoms with Crippen LogP contribution >= 0.6 is 0 Å². The smallest absolute Gasteiger partial charge is 0.0921 e. The molecule has 2 aromatic heterocycles. The third kappa shape index (κ3) is 5.70. The second-order valence-corrected chi connectivity index (χ2v) is 4.68. The van der Waals surface area contributed by atoms with Gasteiger partial charge >= 0.3 is 0 Å². The quantitative estimate of drug-likeness (QED) is 0.646. The Morgan fingerprint density at radius 3 is 1.74 bits per heavy atom. The van der Waals surface area contributed by atoms with Gasteiger partial charge in [0.2, 0.25) is 0 Å². The fourth-order valence-electron chi connectivity index (χ4n) is 1.98. The number of nitrogens with zero attached hydrogens (tertiary/aromatic N) is 2. The zero-order chi connectivity index (χ0) is 13.2. The number of unbranched alkanes of at least 4 members (excludes halogenated alkanes) is 2. The molecule has 2 heterocycles. The van der Waals surface area contributed by atoms with Gasteiger partial charge in [0.05, 0.1) is 12.7 Å². The van der Waals surface area contributed by atoms with Crippen LogP contribution in [-0.2, 0) is 17.6 Å². The Bertz CT molecular complexity index is 370. The molecule has 0 radical (unpaired) electrons. The molecule has 5 nitrogen and oxygen atoms in total. The van der Waals surface area contributed by atoms with Gasteiger partial charge in [0.15, 0.2) is 0 Å². The molecule has 0 aromatic carbocycles. The van der Waals surface area contributed by atoms with E-state index in [9.17, 15) is 0 Å². The van der Waals surface area contributed by atoms with Crippen LogP contribution in [0, 0.1) is 0 Å². The summed E-state index contributed by atoms with van der Waals surface area (Å²) in [5, 5.41) is 0. The van der Waals surface area contributed by atoms with Gasteiger partial charge in [-0.05, 0) is 38.5 Å². The van der Waals surface area contributed by atoms with Crippen molar-refractivity contribution >= 4 is 0 Å². The predicted octanol–water partition coefficient (Wildman–Crippen LogP) is 2.49. The first kappa shape index (κ1) is 13.8. The SMILES string of the molecule is c1ncc(CCCCOCCCCc2cnc[nH]2)[nH]1. The van der Waals surface area contributed by atoms with Crippen LogP contribution in [0.15, 0.2) is 25.0 Å². The Balaban J connectivity index is 1.36. The minimum absolute atomic E-state index is 0.859. The average Bonchev–Trinajstić information content (AvgIpc) is 3.10. The summed E-state index contributed by atoms with van der Waals surface area (Å²) in [5.41, 5.74) is 2.42. The number of ether oxygens (including phenoxy) is 1. The van der Waals surface area contributed by atoms with Gasteiger partial charge in [-0.15, -0.1) is 0 Å². The van der Waals surface area contributed by atoms with Gasteiger partial charge in [0, 0.05) is 37.0 Å². The van der Waals surface area contributed by atoms with Crippen molar-refractivity contribution in [3.63, 3.8) is 0 Å². The molecule has 0 saturated carbocycles. The normalized spacial score (nSPS) is 10.9. The summed E-state index contributed by atoms with van der Waals surface area (Å²) in [6, 6.07) is 0. The molecule has 0 unspecified atom stereocenters. The monoisotopic (exact) mass is 262 g/mol. The van der Waals surface area contributed by atoms with Crippen LogP contribution in [0.4, 0.5) is 0 Å². The van der Waals surface area contributed by atoms with Crippen LogP contribution in [0.3, 0.4) is 0 Å². The highest BCUT2D eigenvalue weighted by Crippen LogP contribution is 2.02. The van der Waals surface area contributed by atoms with E-state index in [4.69, 9.17) is 4.74 Å². The van der Waals surface area contributed by atoms with E-state index in [2.05, 4.69) is 19.9 Å². The van der Waals surface area contributed by atoms with Crippen LogP contribution in [-0.4, -0.2) is 33.1 Å². The molecular formula is C14H22N4O. The van der Waals surface area contributed by atoms with E-state index in [1.807, 2.05) is 12.4 Å². The highest BCUT2D eigenvalue weighted by Gasteiger charge is 1.96. The van der Waals surface area contributed by atoms with Gasteiger partial charge in [-0.25, -0.2) is 9.97 Å². The minimum atomic E-state index is 0.859. The molecule has 0 aliphatic carbocycles. The van der Waals surface area contributed by atoms with E-state index in [1.165, 1.54) is 11.4 Å². The lowest BCUT2D eigenvalue weighted by molar-refractivity contribution is 0.127. The second kappa shape index (κ2) is 8.48. The highest BCUT2D eigenvalue weighted by atomic mass is 16.5. The number of imidazole rings is 2. The minimum Gasteiger partial charge on any atom is -0.381 e. The Kier molecular flexibility index (Phi) is 6.16. The summed E-state index contributed by atoms with van der Waals surface area (Å²) in [5.74, 6) is 0. The fourth-order valence-corrected chi connectivity index (χ4v) is 1.98. The largest absolute Gasteiger partial charge is 0.381 e. The third-order valence-electron chi connectivity index (χ3n) is 3.08. The van der Waals surface area contributed by atoms with E-state index in [1.54, 1.807) is 12.7 Å². The van der Waals surface area contributed by atoms with Crippen molar-refractivity contribution in [1.82, 2.24) is 19.9 Å². The van der Waals surface area contributed by atoms with Gasteiger partial charge in [-0.2, -0.15) is 0 Å². The number of aromatic nitrogens is 4. The average molecular weight is 262 g/mol. The summed E-state index contributed by atoms with van der Waals surface area (Å²) in [6.07, 6.45) is 13.9. The van der Waals surface area contributed by atoms with Crippen molar-refractivity contribution < 1.29 is 4.74 Å². The number of hydrogen-bond donors (Lipinski definition) is 2. The Morgan fingerprint density at radius 2 is 1.32 bits per heavy atom. The molecule has 0 aliphatic heterocycles. The summed E-state index contributed by atoms with van der Waals surface area (Å²) in [4.78, 5) is 14.2. The van der Waals surface area contributed by atoms with Crippen LogP contribution in [0.25, 0.3) is 0 Å². The first-order chi connectivity index (χ1) is 9.45. The number of nitrogens with one attached hydrogen (secondary N) is 2. The highest BCUT2D eigenvalue weighted by molar-refractivity contribution is 4.94. The van der Waals surface area contributed by atoms with Gasteiger partial charge in [0.25, 0.3) is 0 Å². The zero-order valence-corrected chi connectivity index (χ0v) is 11.3. The lowest BCUT2D eigenvalue weighted by Crippen LogP contribution is -1.99. The van der Waals surface area contributed by atoms with Crippen molar-refractivity contribution in [3.8, 4) is 0 Å². The number of hydrogen-bond acceptors (Lipinski definition) is 3. The molecule has 0 spiro atoms. The summed E-state index contributed by atoms with van der Waals surface area (Å²) in [7, 11) is 0. The molecule has 0 aliphatic rings. The number of H-pyrrole nitrogens is 2. The second-order valence-electron chi connectivity index (χ2n) is 4.68. The van der Waals surface area contributed by atoms with E-state index >= 15 is 0 Å². The van der Waals surface area contributed by atoms with Gasteiger partial charge < -0.3 is 14.7 Å². The van der Waals surface area contributed by atoms with Crippen LogP contribution in [0.1, 0.15) is 37.1 Å². The zero-order valence-electron chi connectivity index (χ0n) is 11.3. The maximum atomic E-state index is 5.62. The molecule has 0 bridgehead atoms. The Morgan fingerprint density at radius 1 is 0.789 bits per heavy atom. The van der Waals surface area contributed by atoms with E-state index in [0.717, 1.165) is 51.7 Å². The predicted molar refractivity (Wildman–Crippen MR) is 73.9 cm³/mol. The lowest BCUT2D eigenvalue weighted by atomic mass is 10.2. The third-order valence-corrected chi connectivity index (χ3v) is 3.08. The maximum Gasteiger partial charge on any atom is 0.0921 e. The van der Waals surface area contributed by atoms with Gasteiger partial charge in [-0.1, -0.05) is 0 Å². The topological polar surface area (TPSA) is 66.6 Å². The Hall–Kier alpha value is -1.62. The van der Waals surface area contributed by atoms with Crippen molar-refractivity contribution in [3.05, 3.63) is 36.4 Å². The molecule has 5 heteroatoms. The molecule has 0 atom stereocenters. The summed E-state index contributed by atoms with van der Waals surface area (Å²) >= 11 is 0. The molecule has 0 saturated heterocycles. The standard InChI is InChI=1S/C14H22N4O/c1(5-13-9-15-11-17-13)3-7-19-8-4-2-6-14-10-16-12-18-14/h9-12H,1-8H2,(H,15,17)(H,16,18). The molecule has 2 aromatic rings. The van der Waals surface area contributed by atoms with Crippen LogP contribution in [0.2, 0.25) is 0 Å². The molecule has 2 N–H and O–H groups in total. The van der Waals surface area contributed by atoms with Gasteiger partial charge in [-0.3, -0.25) is 0 Å². The van der Waals surface area contributed by atoms with Crippen LogP contribution in [0.5, 0.6) is 0 Å². The van der Waals surface area contributed by atoms with E-state index < -0.39 is 0 Å². The molecular weight excluding hydrogens is 240 g/mol. The van der Waals surface area contributed by atoms with Gasteiger partial charge in [0.1, 0.15) is 0 Å². The van der Waals surface area contributed by atoms with E-state index in [-0.39, 0.29) is 0 Å². The fraction of sp³-hybridized carbons (Fsp3) is 0.571. The molecule has 0 amide bonds. The summed E-state index contributed by atoms with van der Waals surface area (Å²) in [6.45, 7) is 1.72. The first-order valence-corrected chi connectivity index (χ1v) is 6.97. The molecule has 19 heavy (non-hydrogen) atoms. The van der Waals surface area contributed by atoms with Crippen molar-refractivity contribution in [1.29, 1.82) is 0 Å². The maximum absolute atomic E-state index is 5.62. The number of aromatic amines is 2. The summed E-state index contributed by atoms with van der Waals surface area (Å²) < 4.78 is 5.62. The number of rotatable bonds is 10. The van der Waals surface area contributed by atoms with Crippen molar-refractivity contribution in [2.75, 3.05) is 13.2 Å². The molecule has 104 valence electrons. The number of aryl methyl sites for hydroxylation is 2. The Labute approximate surface area is 113 Å².